The fourth-order valence-electron chi connectivity index (χ4n) is 7.90. The van der Waals surface area contributed by atoms with Crippen molar-refractivity contribution in [2.24, 2.45) is 0 Å². The maximum absolute atomic E-state index is 11.9. The SMILES string of the molecule is CC.Oc1c(O)c(N(c2ccc(-c3ccccc3)cc2)c2ccc(-c3cccc4ccccc34)cc2)c(O)c(O)c1-c1ccc2cc3oc4ccccc4c3cc2c1. The Hall–Kier alpha value is -7.70. The zero-order valence-electron chi connectivity index (χ0n) is 31.9. The zero-order valence-corrected chi connectivity index (χ0v) is 31.9. The third kappa shape index (κ3) is 6.08. The van der Waals surface area contributed by atoms with Gasteiger partial charge in [-0.2, -0.15) is 0 Å². The lowest BCUT2D eigenvalue weighted by Gasteiger charge is -2.28. The Bertz CT molecular complexity index is 3080. The molecular formula is C52H39NO5. The molecule has 0 bridgehead atoms. The average Bonchev–Trinajstić information content (AvgIpc) is 3.64. The van der Waals surface area contributed by atoms with Crippen molar-refractivity contribution < 1.29 is 24.8 Å². The predicted molar refractivity (Wildman–Crippen MR) is 238 cm³/mol. The number of aromatic hydroxyl groups is 4. The number of hydrogen-bond donors (Lipinski definition) is 4. The van der Waals surface area contributed by atoms with Gasteiger partial charge in [-0.1, -0.05) is 141 Å². The van der Waals surface area contributed by atoms with E-state index in [1.54, 1.807) is 11.0 Å². The Kier molecular flexibility index (Phi) is 9.15. The predicted octanol–water partition coefficient (Wildman–Crippen LogP) is 14.2. The maximum Gasteiger partial charge on any atom is 0.186 e. The molecule has 58 heavy (non-hydrogen) atoms. The van der Waals surface area contributed by atoms with Gasteiger partial charge in [0.1, 0.15) is 16.9 Å². The number of rotatable bonds is 6. The number of anilines is 3. The second kappa shape index (κ2) is 14.8. The molecule has 10 rings (SSSR count). The fraction of sp³-hybridized carbons (Fsp3) is 0.0385. The number of furan rings is 1. The van der Waals surface area contributed by atoms with E-state index in [0.29, 0.717) is 16.9 Å². The summed E-state index contributed by atoms with van der Waals surface area (Å²) in [6.07, 6.45) is 0. The molecule has 0 saturated heterocycles. The van der Waals surface area contributed by atoms with Gasteiger partial charge >= 0.3 is 0 Å². The minimum atomic E-state index is -0.586. The van der Waals surface area contributed by atoms with Crippen molar-refractivity contribution in [2.45, 2.75) is 13.8 Å². The number of phenols is 4. The van der Waals surface area contributed by atoms with E-state index in [1.807, 2.05) is 159 Å². The summed E-state index contributed by atoms with van der Waals surface area (Å²) in [5, 5.41) is 53.2. The van der Waals surface area contributed by atoms with Crippen LogP contribution in [0.3, 0.4) is 0 Å². The van der Waals surface area contributed by atoms with Gasteiger partial charge in [-0.25, -0.2) is 0 Å². The number of nitrogens with zero attached hydrogens (tertiary/aromatic N) is 1. The molecule has 6 heteroatoms. The molecular weight excluding hydrogens is 719 g/mol. The molecule has 0 aliphatic rings. The van der Waals surface area contributed by atoms with Crippen LogP contribution >= 0.6 is 0 Å². The van der Waals surface area contributed by atoms with Crippen LogP contribution in [0.15, 0.2) is 180 Å². The van der Waals surface area contributed by atoms with Crippen LogP contribution in [0.5, 0.6) is 23.0 Å². The molecule has 0 unspecified atom stereocenters. The summed E-state index contributed by atoms with van der Waals surface area (Å²) in [6, 6.07) is 57.0. The van der Waals surface area contributed by atoms with Crippen LogP contribution in [-0.2, 0) is 0 Å². The zero-order chi connectivity index (χ0) is 39.9. The highest BCUT2D eigenvalue weighted by Gasteiger charge is 2.30. The average molecular weight is 758 g/mol. The van der Waals surface area contributed by atoms with Gasteiger partial charge in [-0.15, -0.1) is 0 Å². The first-order valence-corrected chi connectivity index (χ1v) is 19.3. The van der Waals surface area contributed by atoms with Crippen molar-refractivity contribution in [3.63, 3.8) is 0 Å². The molecule has 0 atom stereocenters. The molecule has 0 saturated carbocycles. The molecule has 10 aromatic rings. The molecule has 0 aliphatic carbocycles. The van der Waals surface area contributed by atoms with Crippen LogP contribution < -0.4 is 4.90 Å². The summed E-state index contributed by atoms with van der Waals surface area (Å²) in [5.41, 5.74) is 6.92. The van der Waals surface area contributed by atoms with Crippen LogP contribution in [0.2, 0.25) is 0 Å². The summed E-state index contributed by atoms with van der Waals surface area (Å²) in [6.45, 7) is 4.00. The standard InChI is InChI=1S/C50H33NO5.C2H6/c52-47-45(35-18-17-34-29-44-42(28-36(34)27-35)41-14-6-7-16-43(41)56-44)48(53)50(55)46(49(47)54)51(37-23-19-31(20-24-37)30-9-2-1-3-10-30)38-25-21-33(22-26-38)40-15-8-12-32-11-4-5-13-39(32)40;1-2/h1-29,52-55H;1-2H3. The molecule has 0 fully saturated rings. The molecule has 9 aromatic carbocycles. The minimum absolute atomic E-state index is 0.0894. The summed E-state index contributed by atoms with van der Waals surface area (Å²) in [5.74, 6) is -2.31. The van der Waals surface area contributed by atoms with Gasteiger partial charge in [0.25, 0.3) is 0 Å². The van der Waals surface area contributed by atoms with Crippen molar-refractivity contribution in [2.75, 3.05) is 4.90 Å². The summed E-state index contributed by atoms with van der Waals surface area (Å²) in [7, 11) is 0. The molecule has 0 radical (unpaired) electrons. The highest BCUT2D eigenvalue weighted by atomic mass is 16.3. The highest BCUT2D eigenvalue weighted by molar-refractivity contribution is 6.11. The number of benzene rings is 9. The highest BCUT2D eigenvalue weighted by Crippen LogP contribution is 2.58. The Labute approximate surface area is 335 Å². The van der Waals surface area contributed by atoms with Crippen LogP contribution in [0.25, 0.3) is 76.9 Å². The lowest BCUT2D eigenvalue weighted by atomic mass is 9.96. The van der Waals surface area contributed by atoms with E-state index in [4.69, 9.17) is 4.42 Å². The van der Waals surface area contributed by atoms with E-state index in [-0.39, 0.29) is 11.3 Å². The molecule has 0 amide bonds. The van der Waals surface area contributed by atoms with Crippen molar-refractivity contribution in [1.29, 1.82) is 0 Å². The first-order chi connectivity index (χ1) is 28.4. The first-order valence-electron chi connectivity index (χ1n) is 19.3. The second-order valence-corrected chi connectivity index (χ2v) is 13.9. The minimum Gasteiger partial charge on any atom is -0.504 e. The molecule has 0 aliphatic heterocycles. The normalized spacial score (nSPS) is 11.2. The summed E-state index contributed by atoms with van der Waals surface area (Å²) >= 11 is 0. The number of phenolic OH excluding ortho intramolecular Hbond substituents is 4. The smallest absolute Gasteiger partial charge is 0.186 e. The molecule has 6 nitrogen and oxygen atoms in total. The van der Waals surface area contributed by atoms with Gasteiger partial charge in [-0.05, 0) is 97.9 Å². The van der Waals surface area contributed by atoms with Crippen LogP contribution in [0.4, 0.5) is 17.1 Å². The van der Waals surface area contributed by atoms with Crippen LogP contribution in [0, 0.1) is 0 Å². The lowest BCUT2D eigenvalue weighted by Crippen LogP contribution is -2.11. The van der Waals surface area contributed by atoms with Crippen molar-refractivity contribution in [3.05, 3.63) is 176 Å². The van der Waals surface area contributed by atoms with Gasteiger partial charge < -0.3 is 29.7 Å². The molecule has 0 spiro atoms. The number of para-hydroxylation sites is 1. The second-order valence-electron chi connectivity index (χ2n) is 13.9. The monoisotopic (exact) mass is 757 g/mol. The largest absolute Gasteiger partial charge is 0.504 e. The third-order valence-corrected chi connectivity index (χ3v) is 10.7. The topological polar surface area (TPSA) is 97.3 Å². The maximum atomic E-state index is 11.9. The summed E-state index contributed by atoms with van der Waals surface area (Å²) in [4.78, 5) is 1.64. The fourth-order valence-corrected chi connectivity index (χ4v) is 7.90. The Morgan fingerprint density at radius 3 is 1.66 bits per heavy atom. The lowest BCUT2D eigenvalue weighted by molar-refractivity contribution is 0.377. The van der Waals surface area contributed by atoms with Crippen molar-refractivity contribution >= 4 is 60.5 Å². The Balaban J connectivity index is 0.00000215. The van der Waals surface area contributed by atoms with Gasteiger partial charge in [0.15, 0.2) is 23.0 Å². The molecule has 282 valence electrons. The quantitative estimate of drug-likeness (QED) is 0.0996. The Morgan fingerprint density at radius 2 is 0.948 bits per heavy atom. The molecule has 1 heterocycles. The summed E-state index contributed by atoms with van der Waals surface area (Å²) < 4.78 is 6.08. The van der Waals surface area contributed by atoms with Gasteiger partial charge in [0, 0.05) is 22.1 Å². The van der Waals surface area contributed by atoms with Gasteiger partial charge in [0.2, 0.25) is 0 Å². The molecule has 4 N–H and O–H groups in total. The van der Waals surface area contributed by atoms with E-state index >= 15 is 0 Å². The number of fused-ring (bicyclic) bond motifs is 5. The van der Waals surface area contributed by atoms with Gasteiger partial charge in [-0.3, -0.25) is 0 Å². The Morgan fingerprint density at radius 1 is 0.379 bits per heavy atom. The first kappa shape index (κ1) is 36.0. The van der Waals surface area contributed by atoms with E-state index in [2.05, 4.69) is 24.3 Å². The van der Waals surface area contributed by atoms with E-state index in [9.17, 15) is 20.4 Å². The van der Waals surface area contributed by atoms with Gasteiger partial charge in [0.05, 0.1) is 5.56 Å². The van der Waals surface area contributed by atoms with Crippen molar-refractivity contribution in [3.8, 4) is 56.4 Å². The molecule has 1 aromatic heterocycles. The van der Waals surface area contributed by atoms with Crippen molar-refractivity contribution in [1.82, 2.24) is 0 Å². The van der Waals surface area contributed by atoms with Crippen LogP contribution in [-0.4, -0.2) is 20.4 Å². The van der Waals surface area contributed by atoms with Crippen LogP contribution in [0.1, 0.15) is 13.8 Å². The van der Waals surface area contributed by atoms with E-state index in [0.717, 1.165) is 65.7 Å². The van der Waals surface area contributed by atoms with E-state index < -0.39 is 23.0 Å². The number of hydrogen-bond acceptors (Lipinski definition) is 6. The van der Waals surface area contributed by atoms with E-state index in [1.165, 1.54) is 0 Å². The third-order valence-electron chi connectivity index (χ3n) is 10.7.